The highest BCUT2D eigenvalue weighted by molar-refractivity contribution is 7.12. The van der Waals surface area contributed by atoms with Gasteiger partial charge in [0, 0.05) is 28.4 Å². The number of thiophene rings is 1. The molecule has 0 amide bonds. The summed E-state index contributed by atoms with van der Waals surface area (Å²) in [6.07, 6.45) is 1.03. The Morgan fingerprint density at radius 1 is 1.20 bits per heavy atom. The van der Waals surface area contributed by atoms with Gasteiger partial charge >= 0.3 is 0 Å². The largest absolute Gasteiger partial charge is 0.493 e. The highest BCUT2D eigenvalue weighted by atomic mass is 32.1. The molecular formula is C17H21NOS. The Kier molecular flexibility index (Phi) is 3.47. The fourth-order valence-corrected chi connectivity index (χ4v) is 3.37. The third-order valence-corrected chi connectivity index (χ3v) is 5.07. The summed E-state index contributed by atoms with van der Waals surface area (Å²) < 4.78 is 5.53. The maximum Gasteiger partial charge on any atom is 0.122 e. The molecule has 1 N–H and O–H groups in total. The molecule has 106 valence electrons. The number of anilines is 1. The summed E-state index contributed by atoms with van der Waals surface area (Å²) in [5.41, 5.74) is 2.74. The molecule has 1 aliphatic rings. The van der Waals surface area contributed by atoms with Crippen molar-refractivity contribution < 1.29 is 4.74 Å². The van der Waals surface area contributed by atoms with E-state index in [-0.39, 0.29) is 5.41 Å². The van der Waals surface area contributed by atoms with Crippen molar-refractivity contribution in [2.24, 2.45) is 0 Å². The van der Waals surface area contributed by atoms with Crippen molar-refractivity contribution in [2.75, 3.05) is 11.9 Å². The predicted molar refractivity (Wildman–Crippen MR) is 86.0 cm³/mol. The second-order valence-electron chi connectivity index (χ2n) is 6.29. The van der Waals surface area contributed by atoms with Crippen molar-refractivity contribution >= 4 is 17.0 Å². The van der Waals surface area contributed by atoms with E-state index in [0.29, 0.717) is 0 Å². The molecule has 0 atom stereocenters. The van der Waals surface area contributed by atoms with Crippen LogP contribution in [-0.2, 0) is 18.4 Å². The van der Waals surface area contributed by atoms with Crippen molar-refractivity contribution in [3.8, 4) is 5.75 Å². The summed E-state index contributed by atoms with van der Waals surface area (Å²) in [4.78, 5) is 2.82. The highest BCUT2D eigenvalue weighted by Crippen LogP contribution is 2.31. The zero-order valence-electron chi connectivity index (χ0n) is 12.3. The molecule has 0 fully saturated rings. The van der Waals surface area contributed by atoms with E-state index >= 15 is 0 Å². The molecule has 2 nitrogen and oxygen atoms in total. The molecule has 3 rings (SSSR count). The molecule has 0 spiro atoms. The summed E-state index contributed by atoms with van der Waals surface area (Å²) in [5.74, 6) is 1.04. The van der Waals surface area contributed by atoms with Gasteiger partial charge in [-0.3, -0.25) is 0 Å². The van der Waals surface area contributed by atoms with Crippen molar-refractivity contribution in [2.45, 2.75) is 39.2 Å². The van der Waals surface area contributed by atoms with Crippen LogP contribution in [0.5, 0.6) is 5.75 Å². The molecule has 0 saturated carbocycles. The molecule has 1 aliphatic heterocycles. The minimum atomic E-state index is 0.244. The van der Waals surface area contributed by atoms with E-state index in [1.54, 1.807) is 0 Å². The Morgan fingerprint density at radius 3 is 2.80 bits per heavy atom. The van der Waals surface area contributed by atoms with Gasteiger partial charge in [0.05, 0.1) is 6.61 Å². The van der Waals surface area contributed by atoms with Gasteiger partial charge in [-0.05, 0) is 41.3 Å². The van der Waals surface area contributed by atoms with Crippen LogP contribution in [0.2, 0.25) is 0 Å². The lowest BCUT2D eigenvalue weighted by Crippen LogP contribution is -2.07. The molecule has 0 unspecified atom stereocenters. The number of hydrogen-bond acceptors (Lipinski definition) is 3. The van der Waals surface area contributed by atoms with Gasteiger partial charge in [0.25, 0.3) is 0 Å². The number of hydrogen-bond donors (Lipinski definition) is 1. The topological polar surface area (TPSA) is 21.3 Å². The highest BCUT2D eigenvalue weighted by Gasteiger charge is 2.16. The van der Waals surface area contributed by atoms with Crippen molar-refractivity contribution in [3.05, 3.63) is 45.6 Å². The molecule has 0 aliphatic carbocycles. The summed E-state index contributed by atoms with van der Waals surface area (Å²) in [5, 5.41) is 3.51. The Hall–Kier alpha value is -1.48. The zero-order valence-corrected chi connectivity index (χ0v) is 13.1. The van der Waals surface area contributed by atoms with E-state index in [1.165, 1.54) is 21.0 Å². The first-order valence-electron chi connectivity index (χ1n) is 7.11. The minimum absolute atomic E-state index is 0.244. The number of ether oxygens (including phenoxy) is 1. The van der Waals surface area contributed by atoms with Crippen LogP contribution in [0.3, 0.4) is 0 Å². The molecule has 1 aromatic carbocycles. The first-order chi connectivity index (χ1) is 9.52. The van der Waals surface area contributed by atoms with Gasteiger partial charge in [-0.1, -0.05) is 20.8 Å². The monoisotopic (exact) mass is 287 g/mol. The first-order valence-corrected chi connectivity index (χ1v) is 7.93. The molecule has 0 saturated heterocycles. The first kappa shape index (κ1) is 13.5. The van der Waals surface area contributed by atoms with Gasteiger partial charge in [-0.2, -0.15) is 0 Å². The molecule has 1 aromatic heterocycles. The van der Waals surface area contributed by atoms with Crippen molar-refractivity contribution in [1.82, 2.24) is 0 Å². The van der Waals surface area contributed by atoms with Crippen molar-refractivity contribution in [1.29, 1.82) is 0 Å². The lowest BCUT2D eigenvalue weighted by atomic mass is 9.95. The van der Waals surface area contributed by atoms with E-state index in [4.69, 9.17) is 4.74 Å². The third-order valence-electron chi connectivity index (χ3n) is 3.56. The fraction of sp³-hybridized carbons (Fsp3) is 0.412. The molecule has 20 heavy (non-hydrogen) atoms. The van der Waals surface area contributed by atoms with E-state index < -0.39 is 0 Å². The van der Waals surface area contributed by atoms with Gasteiger partial charge in [0.15, 0.2) is 0 Å². The van der Waals surface area contributed by atoms with Crippen molar-refractivity contribution in [3.63, 3.8) is 0 Å². The Bertz CT molecular complexity index is 610. The Labute approximate surface area is 124 Å². The maximum absolute atomic E-state index is 5.53. The molecule has 0 bridgehead atoms. The fourth-order valence-electron chi connectivity index (χ4n) is 2.36. The van der Waals surface area contributed by atoms with E-state index in [9.17, 15) is 0 Å². The van der Waals surface area contributed by atoms with Crippen LogP contribution in [-0.4, -0.2) is 6.61 Å². The van der Waals surface area contributed by atoms with Gasteiger partial charge in [0.2, 0.25) is 0 Å². The van der Waals surface area contributed by atoms with Crippen LogP contribution in [0.15, 0.2) is 30.3 Å². The number of nitrogens with one attached hydrogen (secondary N) is 1. The van der Waals surface area contributed by atoms with Crippen LogP contribution in [0.25, 0.3) is 0 Å². The summed E-state index contributed by atoms with van der Waals surface area (Å²) in [6, 6.07) is 10.9. The summed E-state index contributed by atoms with van der Waals surface area (Å²) in [7, 11) is 0. The third kappa shape index (κ3) is 2.83. The second-order valence-corrected chi connectivity index (χ2v) is 7.46. The quantitative estimate of drug-likeness (QED) is 0.891. The van der Waals surface area contributed by atoms with Gasteiger partial charge in [0.1, 0.15) is 5.75 Å². The van der Waals surface area contributed by atoms with Gasteiger partial charge in [-0.25, -0.2) is 0 Å². The summed E-state index contributed by atoms with van der Waals surface area (Å²) in [6.45, 7) is 8.49. The normalized spacial score (nSPS) is 13.9. The minimum Gasteiger partial charge on any atom is -0.493 e. The average molecular weight is 287 g/mol. The van der Waals surface area contributed by atoms with Crippen LogP contribution in [0.4, 0.5) is 5.69 Å². The SMILES string of the molecule is CC(C)(C)c1ccc(CNc2ccc3c(c2)CCO3)s1. The predicted octanol–water partition coefficient (Wildman–Crippen LogP) is 4.59. The molecule has 2 heterocycles. The van der Waals surface area contributed by atoms with E-state index in [2.05, 4.69) is 56.4 Å². The molecule has 0 radical (unpaired) electrons. The zero-order chi connectivity index (χ0) is 14.2. The lowest BCUT2D eigenvalue weighted by molar-refractivity contribution is 0.357. The number of rotatable bonds is 3. The molecule has 3 heteroatoms. The molecular weight excluding hydrogens is 266 g/mol. The van der Waals surface area contributed by atoms with E-state index in [0.717, 1.165) is 25.3 Å². The smallest absolute Gasteiger partial charge is 0.122 e. The standard InChI is InChI=1S/C17H21NOS/c1-17(2,3)16-7-5-14(20-16)11-18-13-4-6-15-12(10-13)8-9-19-15/h4-7,10,18H,8-9,11H2,1-3H3. The second kappa shape index (κ2) is 5.13. The van der Waals surface area contributed by atoms with E-state index in [1.807, 2.05) is 11.3 Å². The van der Waals surface area contributed by atoms with Crippen LogP contribution in [0, 0.1) is 0 Å². The van der Waals surface area contributed by atoms with Crippen LogP contribution >= 0.6 is 11.3 Å². The van der Waals surface area contributed by atoms with Gasteiger partial charge < -0.3 is 10.1 Å². The summed E-state index contributed by atoms with van der Waals surface area (Å²) >= 11 is 1.90. The van der Waals surface area contributed by atoms with Crippen LogP contribution < -0.4 is 10.1 Å². The average Bonchev–Trinajstić information content (AvgIpc) is 3.04. The number of benzene rings is 1. The maximum atomic E-state index is 5.53. The Morgan fingerprint density at radius 2 is 2.05 bits per heavy atom. The Balaban J connectivity index is 1.66. The number of fused-ring (bicyclic) bond motifs is 1. The van der Waals surface area contributed by atoms with Crippen LogP contribution in [0.1, 0.15) is 36.1 Å². The lowest BCUT2D eigenvalue weighted by Gasteiger charge is -2.15. The molecule has 2 aromatic rings. The van der Waals surface area contributed by atoms with Gasteiger partial charge in [-0.15, -0.1) is 11.3 Å².